The molecule has 0 aliphatic heterocycles. The molecule has 3 rings (SSSR count). The van der Waals surface area contributed by atoms with Gasteiger partial charge in [0.15, 0.2) is 17.5 Å². The lowest BCUT2D eigenvalue weighted by Gasteiger charge is -2.15. The largest absolute Gasteiger partial charge is 0.454 e. The summed E-state index contributed by atoms with van der Waals surface area (Å²) in [5.74, 6) is 2.01. The van der Waals surface area contributed by atoms with Crippen molar-refractivity contribution in [1.29, 1.82) is 0 Å². The summed E-state index contributed by atoms with van der Waals surface area (Å²) in [7, 11) is 1.72. The number of halogens is 2. The molecule has 7 nitrogen and oxygen atoms in total. The van der Waals surface area contributed by atoms with E-state index in [9.17, 15) is 4.39 Å². The molecule has 0 bridgehead atoms. The van der Waals surface area contributed by atoms with Gasteiger partial charge >= 0.3 is 0 Å². The van der Waals surface area contributed by atoms with E-state index in [0.29, 0.717) is 24.8 Å². The lowest BCUT2D eigenvalue weighted by Crippen LogP contribution is -2.38. The third-order valence-electron chi connectivity index (χ3n) is 4.36. The van der Waals surface area contributed by atoms with Crippen molar-refractivity contribution in [2.45, 2.75) is 26.4 Å². The van der Waals surface area contributed by atoms with Crippen molar-refractivity contribution in [3.63, 3.8) is 0 Å². The van der Waals surface area contributed by atoms with Crippen molar-refractivity contribution in [3.05, 3.63) is 72.1 Å². The zero-order chi connectivity index (χ0) is 20.5. The fraction of sp³-hybridized carbons (Fsp3) is 0.286. The van der Waals surface area contributed by atoms with E-state index in [1.165, 1.54) is 6.07 Å². The number of hydrogen-bond donors (Lipinski definition) is 2. The Kier molecular flexibility index (Phi) is 9.52. The van der Waals surface area contributed by atoms with Gasteiger partial charge in [0.1, 0.15) is 17.9 Å². The number of ether oxygens (including phenoxy) is 1. The van der Waals surface area contributed by atoms with Crippen LogP contribution in [0.1, 0.15) is 18.3 Å². The number of rotatable bonds is 8. The van der Waals surface area contributed by atoms with Crippen molar-refractivity contribution in [2.24, 2.45) is 4.99 Å². The van der Waals surface area contributed by atoms with E-state index >= 15 is 0 Å². The van der Waals surface area contributed by atoms with Crippen LogP contribution in [-0.2, 0) is 19.5 Å². The highest BCUT2D eigenvalue weighted by Crippen LogP contribution is 2.27. The molecule has 0 unspecified atom stereocenters. The number of hydrogen-bond acceptors (Lipinski definition) is 4. The monoisotopic (exact) mass is 524 g/mol. The first-order chi connectivity index (χ1) is 14.2. The first kappa shape index (κ1) is 23.6. The number of guanidine groups is 1. The average Bonchev–Trinajstić information content (AvgIpc) is 3.20. The van der Waals surface area contributed by atoms with Crippen molar-refractivity contribution in [2.75, 3.05) is 13.6 Å². The van der Waals surface area contributed by atoms with Crippen LogP contribution in [-0.4, -0.2) is 34.3 Å². The summed E-state index contributed by atoms with van der Waals surface area (Å²) in [6, 6.07) is 13.9. The molecule has 30 heavy (non-hydrogen) atoms. The number of nitrogens with zero attached hydrogens (tertiary/aromatic N) is 4. The molecule has 0 aliphatic rings. The topological polar surface area (TPSA) is 76.4 Å². The quantitative estimate of drug-likeness (QED) is 0.267. The molecule has 0 radical (unpaired) electrons. The predicted molar refractivity (Wildman–Crippen MR) is 126 cm³/mol. The molecule has 2 aromatic carbocycles. The van der Waals surface area contributed by atoms with Crippen LogP contribution in [0.2, 0.25) is 0 Å². The van der Waals surface area contributed by atoms with Crippen molar-refractivity contribution in [3.8, 4) is 11.5 Å². The molecular weight excluding hydrogens is 498 g/mol. The van der Waals surface area contributed by atoms with Crippen LogP contribution in [0.4, 0.5) is 4.39 Å². The molecule has 9 heteroatoms. The maximum atomic E-state index is 13.9. The molecule has 1 aromatic heterocycles. The van der Waals surface area contributed by atoms with Gasteiger partial charge in [0.25, 0.3) is 0 Å². The molecule has 0 saturated carbocycles. The highest BCUT2D eigenvalue weighted by molar-refractivity contribution is 14.0. The Labute approximate surface area is 192 Å². The summed E-state index contributed by atoms with van der Waals surface area (Å²) in [5.41, 5.74) is 0.894. The van der Waals surface area contributed by atoms with E-state index in [2.05, 4.69) is 32.7 Å². The minimum absolute atomic E-state index is 0. The lowest BCUT2D eigenvalue weighted by atomic mass is 10.2. The van der Waals surface area contributed by atoms with Gasteiger partial charge in [0, 0.05) is 38.7 Å². The highest BCUT2D eigenvalue weighted by atomic mass is 127. The Balaban J connectivity index is 0.00000320. The van der Waals surface area contributed by atoms with Gasteiger partial charge in [-0.05, 0) is 18.2 Å². The minimum atomic E-state index is -0.395. The SMILES string of the molecule is CCc1nncn1CCNC(=NC)NCc1ccccc1Oc1ccccc1F.I. The molecule has 0 aliphatic carbocycles. The predicted octanol–water partition coefficient (Wildman–Crippen LogP) is 3.76. The second-order valence-electron chi connectivity index (χ2n) is 6.29. The summed E-state index contributed by atoms with van der Waals surface area (Å²) >= 11 is 0. The molecule has 2 N–H and O–H groups in total. The zero-order valence-corrected chi connectivity index (χ0v) is 19.3. The summed E-state index contributed by atoms with van der Waals surface area (Å²) in [6.45, 7) is 3.95. The standard InChI is InChI=1S/C21H25FN6O.HI/c1-3-20-27-26-15-28(20)13-12-24-21(23-2)25-14-16-8-4-6-10-18(16)29-19-11-7-5-9-17(19)22;/h4-11,15H,3,12-14H2,1-2H3,(H2,23,24,25);1H. The van der Waals surface area contributed by atoms with E-state index < -0.39 is 5.82 Å². The van der Waals surface area contributed by atoms with E-state index in [0.717, 1.165) is 24.4 Å². The van der Waals surface area contributed by atoms with Gasteiger partial charge in [-0.25, -0.2) is 4.39 Å². The van der Waals surface area contributed by atoms with E-state index in [4.69, 9.17) is 4.74 Å². The van der Waals surface area contributed by atoms with Crippen LogP contribution in [0.25, 0.3) is 0 Å². The molecule has 0 atom stereocenters. The lowest BCUT2D eigenvalue weighted by molar-refractivity contribution is 0.437. The minimum Gasteiger partial charge on any atom is -0.454 e. The van der Waals surface area contributed by atoms with Gasteiger partial charge < -0.3 is 19.9 Å². The Morgan fingerprint density at radius 2 is 1.83 bits per heavy atom. The maximum absolute atomic E-state index is 13.9. The highest BCUT2D eigenvalue weighted by Gasteiger charge is 2.09. The molecule has 0 fully saturated rings. The number of aryl methyl sites for hydroxylation is 1. The molecule has 0 amide bonds. The normalized spacial score (nSPS) is 11.0. The smallest absolute Gasteiger partial charge is 0.191 e. The Bertz CT molecular complexity index is 962. The van der Waals surface area contributed by atoms with Crippen LogP contribution in [0, 0.1) is 5.82 Å². The van der Waals surface area contributed by atoms with Crippen LogP contribution < -0.4 is 15.4 Å². The van der Waals surface area contributed by atoms with Gasteiger partial charge in [0.2, 0.25) is 0 Å². The van der Waals surface area contributed by atoms with Crippen LogP contribution >= 0.6 is 24.0 Å². The number of benzene rings is 2. The van der Waals surface area contributed by atoms with Crippen molar-refractivity contribution in [1.82, 2.24) is 25.4 Å². The van der Waals surface area contributed by atoms with Crippen molar-refractivity contribution < 1.29 is 9.13 Å². The maximum Gasteiger partial charge on any atom is 0.191 e. The summed E-state index contributed by atoms with van der Waals surface area (Å²) in [4.78, 5) is 4.25. The number of para-hydroxylation sites is 2. The zero-order valence-electron chi connectivity index (χ0n) is 17.0. The summed E-state index contributed by atoms with van der Waals surface area (Å²) in [5, 5.41) is 14.5. The summed E-state index contributed by atoms with van der Waals surface area (Å²) < 4.78 is 21.7. The van der Waals surface area contributed by atoms with Gasteiger partial charge in [-0.2, -0.15) is 0 Å². The van der Waals surface area contributed by atoms with E-state index in [-0.39, 0.29) is 29.7 Å². The Hall–Kier alpha value is -2.69. The molecule has 3 aromatic rings. The van der Waals surface area contributed by atoms with Gasteiger partial charge in [-0.3, -0.25) is 4.99 Å². The van der Waals surface area contributed by atoms with Crippen LogP contribution in [0.5, 0.6) is 11.5 Å². The third kappa shape index (κ3) is 6.41. The van der Waals surface area contributed by atoms with E-state index in [1.807, 2.05) is 28.8 Å². The van der Waals surface area contributed by atoms with Gasteiger partial charge in [-0.15, -0.1) is 34.2 Å². The molecule has 160 valence electrons. The second-order valence-corrected chi connectivity index (χ2v) is 6.29. The number of aliphatic imine (C=N–C) groups is 1. The fourth-order valence-electron chi connectivity index (χ4n) is 2.83. The van der Waals surface area contributed by atoms with Crippen LogP contribution in [0.15, 0.2) is 59.9 Å². The van der Waals surface area contributed by atoms with Gasteiger partial charge in [0.05, 0.1) is 0 Å². The molecular formula is C21H26FIN6O. The molecule has 1 heterocycles. The summed E-state index contributed by atoms with van der Waals surface area (Å²) in [6.07, 6.45) is 2.57. The number of nitrogens with one attached hydrogen (secondary N) is 2. The van der Waals surface area contributed by atoms with Crippen molar-refractivity contribution >= 4 is 29.9 Å². The van der Waals surface area contributed by atoms with Gasteiger partial charge in [-0.1, -0.05) is 37.3 Å². The number of aromatic nitrogens is 3. The van der Waals surface area contributed by atoms with Crippen LogP contribution in [0.3, 0.4) is 0 Å². The molecule has 0 spiro atoms. The van der Waals surface area contributed by atoms with E-state index in [1.54, 1.807) is 31.6 Å². The Morgan fingerprint density at radius 3 is 2.57 bits per heavy atom. The first-order valence-corrected chi connectivity index (χ1v) is 9.52. The average molecular weight is 524 g/mol. The third-order valence-corrected chi connectivity index (χ3v) is 4.36. The molecule has 0 saturated heterocycles. The Morgan fingerprint density at radius 1 is 1.10 bits per heavy atom. The second kappa shape index (κ2) is 12.1. The first-order valence-electron chi connectivity index (χ1n) is 9.52. The fourth-order valence-corrected chi connectivity index (χ4v) is 2.83.